The van der Waals surface area contributed by atoms with Gasteiger partial charge in [0.1, 0.15) is 5.75 Å². The van der Waals surface area contributed by atoms with E-state index in [1.54, 1.807) is 7.11 Å². The molecule has 0 bridgehead atoms. The fourth-order valence-electron chi connectivity index (χ4n) is 3.66. The highest BCUT2D eigenvalue weighted by molar-refractivity contribution is 6.31. The molecule has 0 saturated carbocycles. The Balaban J connectivity index is 1.57. The second kappa shape index (κ2) is 9.25. The summed E-state index contributed by atoms with van der Waals surface area (Å²) < 4.78 is 5.19. The highest BCUT2D eigenvalue weighted by Gasteiger charge is 2.28. The first-order valence-electron chi connectivity index (χ1n) is 9.40. The van der Waals surface area contributed by atoms with Crippen molar-refractivity contribution in [3.8, 4) is 5.75 Å². The highest BCUT2D eigenvalue weighted by atomic mass is 35.5. The van der Waals surface area contributed by atoms with Crippen LogP contribution in [0.2, 0.25) is 5.02 Å². The number of carbonyl (C=O) groups is 1. The second-order valence-electron chi connectivity index (χ2n) is 7.21. The van der Waals surface area contributed by atoms with Crippen molar-refractivity contribution in [2.24, 2.45) is 5.92 Å². The zero-order chi connectivity index (χ0) is 19.2. The lowest BCUT2D eigenvalue weighted by Gasteiger charge is -2.34. The number of carbonyl (C=O) groups excluding carboxylic acids is 1. The standard InChI is InChI=1S/C22H27ClN2O2/c1-24(14-17-9-11-20(27-2)12-10-17)22(26)19-7-5-13-25(16-19)15-18-6-3-4-8-21(18)23/h3-4,6,8-12,19H,5,7,13-16H2,1-2H3/t19-/m1/s1. The van der Waals surface area contributed by atoms with Crippen molar-refractivity contribution in [1.29, 1.82) is 0 Å². The van der Waals surface area contributed by atoms with Gasteiger partial charge in [0.25, 0.3) is 0 Å². The molecule has 27 heavy (non-hydrogen) atoms. The lowest BCUT2D eigenvalue weighted by atomic mass is 9.96. The summed E-state index contributed by atoms with van der Waals surface area (Å²) in [5, 5.41) is 0.794. The maximum Gasteiger partial charge on any atom is 0.227 e. The van der Waals surface area contributed by atoms with Gasteiger partial charge in [-0.1, -0.05) is 41.9 Å². The van der Waals surface area contributed by atoms with Crippen LogP contribution in [0.4, 0.5) is 0 Å². The van der Waals surface area contributed by atoms with Gasteiger partial charge in [0.2, 0.25) is 5.91 Å². The molecule has 144 valence electrons. The van der Waals surface area contributed by atoms with Crippen LogP contribution in [0.3, 0.4) is 0 Å². The Morgan fingerprint density at radius 1 is 1.22 bits per heavy atom. The van der Waals surface area contributed by atoms with Gasteiger partial charge in [-0.15, -0.1) is 0 Å². The smallest absolute Gasteiger partial charge is 0.227 e. The Kier molecular flexibility index (Phi) is 6.75. The average molecular weight is 387 g/mol. The third kappa shape index (κ3) is 5.24. The number of amides is 1. The van der Waals surface area contributed by atoms with Crippen LogP contribution < -0.4 is 4.74 Å². The molecule has 2 aromatic rings. The molecule has 0 unspecified atom stereocenters. The Morgan fingerprint density at radius 2 is 1.96 bits per heavy atom. The molecule has 0 N–H and O–H groups in total. The van der Waals surface area contributed by atoms with Crippen molar-refractivity contribution < 1.29 is 9.53 Å². The molecule has 1 heterocycles. The predicted molar refractivity (Wildman–Crippen MR) is 109 cm³/mol. The Labute approximate surface area is 166 Å². The maximum atomic E-state index is 12.9. The highest BCUT2D eigenvalue weighted by Crippen LogP contribution is 2.24. The van der Waals surface area contributed by atoms with Crippen molar-refractivity contribution >= 4 is 17.5 Å². The van der Waals surface area contributed by atoms with Gasteiger partial charge in [0, 0.05) is 31.7 Å². The van der Waals surface area contributed by atoms with Gasteiger partial charge in [-0.2, -0.15) is 0 Å². The molecule has 5 heteroatoms. The van der Waals surface area contributed by atoms with Crippen molar-refractivity contribution in [2.45, 2.75) is 25.9 Å². The van der Waals surface area contributed by atoms with Gasteiger partial charge in [0.05, 0.1) is 13.0 Å². The largest absolute Gasteiger partial charge is 0.497 e. The molecule has 1 fully saturated rings. The number of hydrogen-bond acceptors (Lipinski definition) is 3. The number of rotatable bonds is 6. The molecule has 4 nitrogen and oxygen atoms in total. The van der Waals surface area contributed by atoms with Crippen LogP contribution >= 0.6 is 11.6 Å². The van der Waals surface area contributed by atoms with Crippen molar-refractivity contribution in [3.63, 3.8) is 0 Å². The molecule has 0 aliphatic carbocycles. The monoisotopic (exact) mass is 386 g/mol. The van der Waals surface area contributed by atoms with E-state index in [1.807, 2.05) is 54.4 Å². The molecule has 3 rings (SSSR count). The zero-order valence-electron chi connectivity index (χ0n) is 16.0. The number of piperidine rings is 1. The lowest BCUT2D eigenvalue weighted by molar-refractivity contribution is -0.136. The van der Waals surface area contributed by atoms with Gasteiger partial charge in [-0.05, 0) is 48.7 Å². The van der Waals surface area contributed by atoms with Crippen LogP contribution in [0, 0.1) is 5.92 Å². The molecular weight excluding hydrogens is 360 g/mol. The molecule has 0 spiro atoms. The van der Waals surface area contributed by atoms with E-state index in [4.69, 9.17) is 16.3 Å². The van der Waals surface area contributed by atoms with E-state index in [0.717, 1.165) is 54.4 Å². The fraction of sp³-hybridized carbons (Fsp3) is 0.409. The first-order valence-corrected chi connectivity index (χ1v) is 9.78. The van der Waals surface area contributed by atoms with Gasteiger partial charge in [0.15, 0.2) is 0 Å². The van der Waals surface area contributed by atoms with Crippen LogP contribution in [-0.4, -0.2) is 43.0 Å². The van der Waals surface area contributed by atoms with Crippen molar-refractivity contribution in [1.82, 2.24) is 9.80 Å². The number of halogens is 1. The van der Waals surface area contributed by atoms with E-state index in [1.165, 1.54) is 0 Å². The minimum absolute atomic E-state index is 0.0458. The average Bonchev–Trinajstić information content (AvgIpc) is 2.70. The summed E-state index contributed by atoms with van der Waals surface area (Å²) >= 11 is 6.29. The molecule has 1 saturated heterocycles. The summed E-state index contributed by atoms with van der Waals surface area (Å²) in [4.78, 5) is 17.1. The van der Waals surface area contributed by atoms with Crippen LogP contribution in [-0.2, 0) is 17.9 Å². The van der Waals surface area contributed by atoms with Crippen LogP contribution in [0.5, 0.6) is 5.75 Å². The normalized spacial score (nSPS) is 17.5. The summed E-state index contributed by atoms with van der Waals surface area (Å²) in [6, 6.07) is 15.8. The SMILES string of the molecule is COc1ccc(CN(C)C(=O)[C@@H]2CCCN(Cc3ccccc3Cl)C2)cc1. The van der Waals surface area contributed by atoms with Gasteiger partial charge < -0.3 is 9.64 Å². The number of methoxy groups -OCH3 is 1. The van der Waals surface area contributed by atoms with Crippen LogP contribution in [0.1, 0.15) is 24.0 Å². The molecule has 1 aliphatic heterocycles. The summed E-state index contributed by atoms with van der Waals surface area (Å²) in [5.41, 5.74) is 2.23. The summed E-state index contributed by atoms with van der Waals surface area (Å²) in [6.45, 7) is 3.21. The number of benzene rings is 2. The van der Waals surface area contributed by atoms with Gasteiger partial charge in [-0.25, -0.2) is 0 Å². The first-order chi connectivity index (χ1) is 13.1. The van der Waals surface area contributed by atoms with Gasteiger partial charge >= 0.3 is 0 Å². The predicted octanol–water partition coefficient (Wildman–Crippen LogP) is 4.22. The van der Waals surface area contributed by atoms with E-state index in [2.05, 4.69) is 11.0 Å². The number of ether oxygens (including phenoxy) is 1. The Morgan fingerprint density at radius 3 is 2.67 bits per heavy atom. The van der Waals surface area contributed by atoms with E-state index >= 15 is 0 Å². The minimum Gasteiger partial charge on any atom is -0.497 e. The Bertz CT molecular complexity index is 763. The second-order valence-corrected chi connectivity index (χ2v) is 7.62. The number of hydrogen-bond donors (Lipinski definition) is 0. The van der Waals surface area contributed by atoms with E-state index in [9.17, 15) is 4.79 Å². The summed E-state index contributed by atoms with van der Waals surface area (Å²) in [5.74, 6) is 1.09. The quantitative estimate of drug-likeness (QED) is 0.745. The summed E-state index contributed by atoms with van der Waals surface area (Å²) in [7, 11) is 3.54. The van der Waals surface area contributed by atoms with Crippen molar-refractivity contribution in [2.75, 3.05) is 27.2 Å². The molecule has 1 amide bonds. The van der Waals surface area contributed by atoms with Crippen LogP contribution in [0.15, 0.2) is 48.5 Å². The zero-order valence-corrected chi connectivity index (χ0v) is 16.8. The Hall–Kier alpha value is -2.04. The summed E-state index contributed by atoms with van der Waals surface area (Å²) in [6.07, 6.45) is 1.99. The molecule has 1 aliphatic rings. The molecule has 1 atom stereocenters. The topological polar surface area (TPSA) is 32.8 Å². The molecule has 2 aromatic carbocycles. The fourth-order valence-corrected chi connectivity index (χ4v) is 3.86. The number of likely N-dealkylation sites (tertiary alicyclic amines) is 1. The van der Waals surface area contributed by atoms with E-state index in [-0.39, 0.29) is 11.8 Å². The van der Waals surface area contributed by atoms with Crippen LogP contribution in [0.25, 0.3) is 0 Å². The van der Waals surface area contributed by atoms with Gasteiger partial charge in [-0.3, -0.25) is 9.69 Å². The third-order valence-electron chi connectivity index (χ3n) is 5.16. The van der Waals surface area contributed by atoms with E-state index in [0.29, 0.717) is 6.54 Å². The third-order valence-corrected chi connectivity index (χ3v) is 5.53. The van der Waals surface area contributed by atoms with Crippen molar-refractivity contribution in [3.05, 3.63) is 64.7 Å². The minimum atomic E-state index is 0.0458. The molecule has 0 aromatic heterocycles. The lowest BCUT2D eigenvalue weighted by Crippen LogP contribution is -2.43. The maximum absolute atomic E-state index is 12.9. The van der Waals surface area contributed by atoms with E-state index < -0.39 is 0 Å². The first kappa shape index (κ1) is 19.7. The number of nitrogens with zero attached hydrogens (tertiary/aromatic N) is 2. The molecule has 0 radical (unpaired) electrons. The molecular formula is C22H27ClN2O2.